The fraction of sp³-hybridized carbons (Fsp3) is 0.385. The van der Waals surface area contributed by atoms with E-state index in [1.54, 1.807) is 37.4 Å². The molecule has 3 amide bonds. The second-order valence-electron chi connectivity index (χ2n) is 9.07. The molecule has 2 atom stereocenters. The Balaban J connectivity index is 0.00000560. The van der Waals surface area contributed by atoms with E-state index in [1.165, 1.54) is 34.1 Å². The van der Waals surface area contributed by atoms with Crippen LogP contribution in [0, 0.1) is 10.1 Å². The smallest absolute Gasteiger partial charge is 0.269 e. The van der Waals surface area contributed by atoms with Gasteiger partial charge in [-0.1, -0.05) is 18.2 Å². The summed E-state index contributed by atoms with van der Waals surface area (Å²) in [5.41, 5.74) is 11.7. The van der Waals surface area contributed by atoms with Gasteiger partial charge in [-0.15, -0.1) is 12.4 Å². The molecule has 1 aliphatic rings. The van der Waals surface area contributed by atoms with Gasteiger partial charge < -0.3 is 27.0 Å². The van der Waals surface area contributed by atoms with Crippen molar-refractivity contribution in [1.29, 1.82) is 0 Å². The molecule has 14 heteroatoms. The first kappa shape index (κ1) is 32.0. The van der Waals surface area contributed by atoms with Gasteiger partial charge in [-0.3, -0.25) is 34.4 Å². The van der Waals surface area contributed by atoms with Crippen molar-refractivity contribution < 1.29 is 19.3 Å². The van der Waals surface area contributed by atoms with Crippen LogP contribution in [0.2, 0.25) is 0 Å². The number of hydrogen-bond acceptors (Lipinski definition) is 7. The molecular formula is C26H35ClN8O5. The molecule has 3 rings (SSSR count). The average molecular weight is 575 g/mol. The first-order chi connectivity index (χ1) is 18.7. The number of carbonyl (C=O) groups excluding carboxylic acids is 3. The van der Waals surface area contributed by atoms with Crippen LogP contribution in [-0.2, 0) is 14.4 Å². The number of carbonyl (C=O) groups is 3. The van der Waals surface area contributed by atoms with Gasteiger partial charge >= 0.3 is 0 Å². The Kier molecular flexibility index (Phi) is 12.3. The SMILES string of the molecule is CNCC(=O)N1CCC[C@H]1C(=O)N[C@@H](CCCN=C(N)N)C(=O)N(c1ccccc1)c1ccc([N+](=O)[O-])cc1.Cl. The van der Waals surface area contributed by atoms with Gasteiger partial charge in [0.2, 0.25) is 11.8 Å². The largest absolute Gasteiger partial charge is 0.370 e. The van der Waals surface area contributed by atoms with Crippen molar-refractivity contribution in [3.63, 3.8) is 0 Å². The second kappa shape index (κ2) is 15.4. The molecule has 0 unspecified atom stereocenters. The number of likely N-dealkylation sites (N-methyl/N-ethyl adjacent to an activating group) is 1. The van der Waals surface area contributed by atoms with Crippen molar-refractivity contribution in [3.05, 3.63) is 64.7 Å². The summed E-state index contributed by atoms with van der Waals surface area (Å²) in [7, 11) is 1.66. The number of nitro groups is 1. The molecular weight excluding hydrogens is 540 g/mol. The number of halogens is 1. The van der Waals surface area contributed by atoms with Gasteiger partial charge in [0, 0.05) is 36.6 Å². The van der Waals surface area contributed by atoms with Gasteiger partial charge in [0.15, 0.2) is 5.96 Å². The van der Waals surface area contributed by atoms with Gasteiger partial charge in [0.1, 0.15) is 12.1 Å². The topological polar surface area (TPSA) is 189 Å². The fourth-order valence-corrected chi connectivity index (χ4v) is 4.48. The zero-order valence-electron chi connectivity index (χ0n) is 22.2. The first-order valence-corrected chi connectivity index (χ1v) is 12.7. The Hall–Kier alpha value is -4.23. The molecule has 1 heterocycles. The summed E-state index contributed by atoms with van der Waals surface area (Å²) < 4.78 is 0. The number of amides is 3. The number of rotatable bonds is 12. The van der Waals surface area contributed by atoms with Crippen LogP contribution < -0.4 is 27.0 Å². The van der Waals surface area contributed by atoms with Crippen molar-refractivity contribution in [2.45, 2.75) is 37.8 Å². The van der Waals surface area contributed by atoms with Crippen molar-refractivity contribution in [2.75, 3.05) is 31.6 Å². The van der Waals surface area contributed by atoms with Crippen molar-refractivity contribution in [1.82, 2.24) is 15.5 Å². The van der Waals surface area contributed by atoms with Crippen molar-refractivity contribution >= 4 is 53.2 Å². The molecule has 13 nitrogen and oxygen atoms in total. The lowest BCUT2D eigenvalue weighted by Crippen LogP contribution is -2.54. The van der Waals surface area contributed by atoms with Crippen LogP contribution in [0.4, 0.5) is 17.1 Å². The average Bonchev–Trinajstić information content (AvgIpc) is 3.42. The number of nitrogens with one attached hydrogen (secondary N) is 2. The molecule has 0 aromatic heterocycles. The number of anilines is 2. The van der Waals surface area contributed by atoms with Gasteiger partial charge in [-0.05, 0) is 57.0 Å². The fourth-order valence-electron chi connectivity index (χ4n) is 4.48. The standard InChI is InChI=1S/C26H34N8O5.ClH/c1-29-17-23(35)32-16-6-10-22(32)24(36)31-21(9-5-15-30-26(27)28)25(37)33(18-7-3-2-4-8-18)19-11-13-20(14-12-19)34(38)39;/h2-4,7-8,11-14,21-22,29H,5-6,9-10,15-17H2,1H3,(H,31,36)(H4,27,28,30);1H/t21-,22-;/m0./s1. The number of nitrogens with two attached hydrogens (primary N) is 2. The predicted molar refractivity (Wildman–Crippen MR) is 154 cm³/mol. The second-order valence-corrected chi connectivity index (χ2v) is 9.07. The minimum Gasteiger partial charge on any atom is -0.370 e. The Bertz CT molecular complexity index is 1190. The summed E-state index contributed by atoms with van der Waals surface area (Å²) in [6.45, 7) is 0.814. The van der Waals surface area contributed by atoms with Crippen LogP contribution in [0.15, 0.2) is 59.6 Å². The lowest BCUT2D eigenvalue weighted by molar-refractivity contribution is -0.384. The maximum absolute atomic E-state index is 14.1. The molecule has 1 saturated heterocycles. The monoisotopic (exact) mass is 574 g/mol. The van der Waals surface area contributed by atoms with Gasteiger partial charge in [0.25, 0.3) is 11.6 Å². The summed E-state index contributed by atoms with van der Waals surface area (Å²) in [4.78, 5) is 57.5. The highest BCUT2D eigenvalue weighted by atomic mass is 35.5. The van der Waals surface area contributed by atoms with E-state index in [9.17, 15) is 24.5 Å². The Morgan fingerprint density at radius 1 is 1.12 bits per heavy atom. The van der Waals surface area contributed by atoms with E-state index >= 15 is 0 Å². The maximum atomic E-state index is 14.1. The zero-order chi connectivity index (χ0) is 28.4. The van der Waals surface area contributed by atoms with Crippen molar-refractivity contribution in [2.24, 2.45) is 16.5 Å². The number of hydrogen-bond donors (Lipinski definition) is 4. The first-order valence-electron chi connectivity index (χ1n) is 12.7. The highest BCUT2D eigenvalue weighted by molar-refractivity contribution is 6.05. The third kappa shape index (κ3) is 8.38. The predicted octanol–water partition coefficient (Wildman–Crippen LogP) is 1.43. The van der Waals surface area contributed by atoms with Crippen LogP contribution in [0.3, 0.4) is 0 Å². The lowest BCUT2D eigenvalue weighted by atomic mass is 10.1. The van der Waals surface area contributed by atoms with E-state index in [2.05, 4.69) is 15.6 Å². The molecule has 0 saturated carbocycles. The molecule has 1 fully saturated rings. The Labute approximate surface area is 238 Å². The van der Waals surface area contributed by atoms with E-state index in [0.29, 0.717) is 37.2 Å². The Morgan fingerprint density at radius 3 is 2.38 bits per heavy atom. The number of guanidine groups is 1. The van der Waals surface area contributed by atoms with Crippen LogP contribution in [-0.4, -0.2) is 72.3 Å². The third-order valence-corrected chi connectivity index (χ3v) is 6.32. The molecule has 2 aromatic carbocycles. The number of nitro benzene ring substituents is 1. The molecule has 1 aliphatic heterocycles. The maximum Gasteiger partial charge on any atom is 0.269 e. The lowest BCUT2D eigenvalue weighted by Gasteiger charge is -2.30. The highest BCUT2D eigenvalue weighted by Crippen LogP contribution is 2.29. The molecule has 6 N–H and O–H groups in total. The van der Waals surface area contributed by atoms with Gasteiger partial charge in [-0.2, -0.15) is 0 Å². The molecule has 0 spiro atoms. The number of non-ortho nitro benzene ring substituents is 1. The van der Waals surface area contributed by atoms with Gasteiger partial charge in [-0.25, -0.2) is 0 Å². The number of likely N-dealkylation sites (tertiary alicyclic amines) is 1. The number of aliphatic imine (C=N–C) groups is 1. The molecule has 2 aromatic rings. The molecule has 0 radical (unpaired) electrons. The van der Waals surface area contributed by atoms with Crippen LogP contribution in [0.5, 0.6) is 0 Å². The van der Waals surface area contributed by atoms with E-state index in [4.69, 9.17) is 11.5 Å². The summed E-state index contributed by atoms with van der Waals surface area (Å²) in [6, 6.07) is 12.7. The molecule has 216 valence electrons. The zero-order valence-corrected chi connectivity index (χ0v) is 23.0. The summed E-state index contributed by atoms with van der Waals surface area (Å²) >= 11 is 0. The van der Waals surface area contributed by atoms with E-state index in [-0.39, 0.29) is 49.5 Å². The Morgan fingerprint density at radius 2 is 1.77 bits per heavy atom. The van der Waals surface area contributed by atoms with Crippen LogP contribution in [0.1, 0.15) is 25.7 Å². The number of nitrogens with zero attached hydrogens (tertiary/aromatic N) is 4. The van der Waals surface area contributed by atoms with E-state index in [0.717, 1.165) is 0 Å². The van der Waals surface area contributed by atoms with Gasteiger partial charge in [0.05, 0.1) is 11.5 Å². The molecule has 0 bridgehead atoms. The molecule has 40 heavy (non-hydrogen) atoms. The van der Waals surface area contributed by atoms with Crippen molar-refractivity contribution in [3.8, 4) is 0 Å². The van der Waals surface area contributed by atoms with Crippen LogP contribution in [0.25, 0.3) is 0 Å². The summed E-state index contributed by atoms with van der Waals surface area (Å²) in [5, 5.41) is 16.8. The quantitative estimate of drug-likeness (QED) is 0.0962. The summed E-state index contributed by atoms with van der Waals surface area (Å²) in [5.74, 6) is -1.14. The minimum atomic E-state index is -0.982. The van der Waals surface area contributed by atoms with Crippen LogP contribution >= 0.6 is 12.4 Å². The third-order valence-electron chi connectivity index (χ3n) is 6.32. The molecule has 0 aliphatic carbocycles. The minimum absolute atomic E-state index is 0. The number of benzene rings is 2. The van der Waals surface area contributed by atoms with E-state index < -0.39 is 28.8 Å². The summed E-state index contributed by atoms with van der Waals surface area (Å²) in [6.07, 6.45) is 1.77. The number of para-hydroxylation sites is 1. The highest BCUT2D eigenvalue weighted by Gasteiger charge is 2.36. The normalized spacial score (nSPS) is 14.9. The van der Waals surface area contributed by atoms with E-state index in [1.807, 2.05) is 0 Å².